The van der Waals surface area contributed by atoms with E-state index < -0.39 is 18.3 Å². The van der Waals surface area contributed by atoms with Gasteiger partial charge in [0.05, 0.1) is 0 Å². The van der Waals surface area contributed by atoms with Crippen LogP contribution in [0.15, 0.2) is 0 Å². The fourth-order valence-corrected chi connectivity index (χ4v) is 2.82. The van der Waals surface area contributed by atoms with Crippen LogP contribution in [0.4, 0.5) is 13.2 Å². The Kier molecular flexibility index (Phi) is 5.25. The average Bonchev–Trinajstić information content (AvgIpc) is 2.76. The van der Waals surface area contributed by atoms with Crippen LogP contribution in [0.2, 0.25) is 0 Å². The monoisotopic (exact) mass is 252 g/mol. The molecule has 0 aromatic rings. The molecular formula is C12H23F3N2. The maximum absolute atomic E-state index is 13.1. The van der Waals surface area contributed by atoms with E-state index in [1.165, 1.54) is 0 Å². The summed E-state index contributed by atoms with van der Waals surface area (Å²) in [7, 11) is 0. The average molecular weight is 252 g/mol. The predicted molar refractivity (Wildman–Crippen MR) is 62.7 cm³/mol. The van der Waals surface area contributed by atoms with Gasteiger partial charge in [0.15, 0.2) is 0 Å². The molecule has 0 saturated heterocycles. The van der Waals surface area contributed by atoms with Gasteiger partial charge in [0.2, 0.25) is 0 Å². The molecule has 5 heteroatoms. The van der Waals surface area contributed by atoms with Gasteiger partial charge in [0.25, 0.3) is 0 Å². The van der Waals surface area contributed by atoms with Crippen LogP contribution in [0.5, 0.6) is 0 Å². The van der Waals surface area contributed by atoms with Gasteiger partial charge >= 0.3 is 6.18 Å². The van der Waals surface area contributed by atoms with E-state index in [0.29, 0.717) is 13.0 Å². The Morgan fingerprint density at radius 3 is 2.12 bits per heavy atom. The van der Waals surface area contributed by atoms with Gasteiger partial charge in [0.1, 0.15) is 6.04 Å². The summed E-state index contributed by atoms with van der Waals surface area (Å²) >= 11 is 0. The number of halogens is 3. The molecule has 0 radical (unpaired) electrons. The van der Waals surface area contributed by atoms with Crippen LogP contribution >= 0.6 is 0 Å². The van der Waals surface area contributed by atoms with Crippen LogP contribution in [0.3, 0.4) is 0 Å². The first-order chi connectivity index (χ1) is 7.91. The first-order valence-corrected chi connectivity index (χ1v) is 6.49. The summed E-state index contributed by atoms with van der Waals surface area (Å²) in [5, 5.41) is 0. The summed E-state index contributed by atoms with van der Waals surface area (Å²) in [5.74, 6) is 0. The SMILES string of the molecule is CCC(N)C(N(CC)C1CCCC1)C(F)(F)F. The standard InChI is InChI=1S/C12H23F3N2/c1-3-10(16)11(12(13,14)15)17(4-2)9-7-5-6-8-9/h9-11H,3-8,16H2,1-2H3. The van der Waals surface area contributed by atoms with E-state index in [1.807, 2.05) is 0 Å². The van der Waals surface area contributed by atoms with E-state index in [0.717, 1.165) is 25.7 Å². The molecule has 0 heterocycles. The van der Waals surface area contributed by atoms with Gasteiger partial charge in [-0.15, -0.1) is 0 Å². The van der Waals surface area contributed by atoms with E-state index >= 15 is 0 Å². The number of alkyl halides is 3. The lowest BCUT2D eigenvalue weighted by Gasteiger charge is -2.39. The number of likely N-dealkylation sites (N-methyl/N-ethyl adjacent to an activating group) is 1. The van der Waals surface area contributed by atoms with Gasteiger partial charge in [-0.2, -0.15) is 13.2 Å². The third kappa shape index (κ3) is 3.58. The van der Waals surface area contributed by atoms with E-state index in [-0.39, 0.29) is 6.04 Å². The van der Waals surface area contributed by atoms with Crippen molar-refractivity contribution in [3.05, 3.63) is 0 Å². The highest BCUT2D eigenvalue weighted by Gasteiger charge is 2.48. The van der Waals surface area contributed by atoms with Gasteiger partial charge in [-0.05, 0) is 25.8 Å². The highest BCUT2D eigenvalue weighted by atomic mass is 19.4. The molecule has 0 aromatic heterocycles. The summed E-state index contributed by atoms with van der Waals surface area (Å²) in [5.41, 5.74) is 5.69. The second kappa shape index (κ2) is 6.05. The fourth-order valence-electron chi connectivity index (χ4n) is 2.82. The van der Waals surface area contributed by atoms with Gasteiger partial charge in [0, 0.05) is 12.1 Å². The molecule has 0 aromatic carbocycles. The van der Waals surface area contributed by atoms with Crippen molar-refractivity contribution in [2.75, 3.05) is 6.54 Å². The van der Waals surface area contributed by atoms with Crippen LogP contribution in [0.1, 0.15) is 46.0 Å². The predicted octanol–water partition coefficient (Wildman–Crippen LogP) is 2.92. The van der Waals surface area contributed by atoms with Crippen molar-refractivity contribution >= 4 is 0 Å². The van der Waals surface area contributed by atoms with Crippen molar-refractivity contribution in [3.63, 3.8) is 0 Å². The zero-order valence-electron chi connectivity index (χ0n) is 10.6. The molecule has 1 fully saturated rings. The highest BCUT2D eigenvalue weighted by molar-refractivity contribution is 4.91. The molecule has 1 rings (SSSR count). The summed E-state index contributed by atoms with van der Waals surface area (Å²) < 4.78 is 39.4. The largest absolute Gasteiger partial charge is 0.405 e. The summed E-state index contributed by atoms with van der Waals surface area (Å²) in [4.78, 5) is 1.57. The zero-order valence-corrected chi connectivity index (χ0v) is 10.6. The van der Waals surface area contributed by atoms with Crippen molar-refractivity contribution in [1.82, 2.24) is 4.90 Å². The zero-order chi connectivity index (χ0) is 13.1. The molecule has 1 aliphatic carbocycles. The highest BCUT2D eigenvalue weighted by Crippen LogP contribution is 2.33. The minimum absolute atomic E-state index is 0.0595. The third-order valence-corrected chi connectivity index (χ3v) is 3.73. The molecule has 2 nitrogen and oxygen atoms in total. The number of hydrogen-bond acceptors (Lipinski definition) is 2. The van der Waals surface area contributed by atoms with Crippen molar-refractivity contribution < 1.29 is 13.2 Å². The lowest BCUT2D eigenvalue weighted by molar-refractivity contribution is -0.194. The third-order valence-electron chi connectivity index (χ3n) is 3.73. The lowest BCUT2D eigenvalue weighted by atomic mass is 10.0. The topological polar surface area (TPSA) is 29.3 Å². The molecule has 1 aliphatic rings. The van der Waals surface area contributed by atoms with E-state index in [9.17, 15) is 13.2 Å². The van der Waals surface area contributed by atoms with Crippen molar-refractivity contribution in [2.24, 2.45) is 5.73 Å². The molecular weight excluding hydrogens is 229 g/mol. The quantitative estimate of drug-likeness (QED) is 0.815. The van der Waals surface area contributed by atoms with E-state index in [4.69, 9.17) is 5.73 Å². The molecule has 2 unspecified atom stereocenters. The van der Waals surface area contributed by atoms with Crippen LogP contribution in [0, 0.1) is 0 Å². The van der Waals surface area contributed by atoms with E-state index in [2.05, 4.69) is 0 Å². The Morgan fingerprint density at radius 1 is 1.24 bits per heavy atom. The molecule has 17 heavy (non-hydrogen) atoms. The summed E-state index contributed by atoms with van der Waals surface area (Å²) in [6.45, 7) is 3.92. The van der Waals surface area contributed by atoms with Gasteiger partial charge < -0.3 is 5.73 Å². The number of rotatable bonds is 5. The van der Waals surface area contributed by atoms with Gasteiger partial charge in [-0.3, -0.25) is 4.90 Å². The van der Waals surface area contributed by atoms with Crippen molar-refractivity contribution in [3.8, 4) is 0 Å². The molecule has 0 spiro atoms. The van der Waals surface area contributed by atoms with Crippen molar-refractivity contribution in [1.29, 1.82) is 0 Å². The molecule has 0 amide bonds. The Balaban J connectivity index is 2.85. The Labute approximate surface area is 101 Å². The molecule has 102 valence electrons. The van der Waals surface area contributed by atoms with Crippen LogP contribution in [0.25, 0.3) is 0 Å². The molecule has 0 bridgehead atoms. The minimum atomic E-state index is -4.23. The van der Waals surface area contributed by atoms with Gasteiger partial charge in [-0.25, -0.2) is 0 Å². The Hall–Kier alpha value is -0.290. The molecule has 0 aliphatic heterocycles. The Morgan fingerprint density at radius 2 is 1.76 bits per heavy atom. The Bertz CT molecular complexity index is 224. The second-order valence-corrected chi connectivity index (χ2v) is 4.83. The lowest BCUT2D eigenvalue weighted by Crippen LogP contribution is -2.58. The van der Waals surface area contributed by atoms with Crippen LogP contribution < -0.4 is 5.73 Å². The molecule has 2 N–H and O–H groups in total. The first kappa shape index (κ1) is 14.8. The van der Waals surface area contributed by atoms with Gasteiger partial charge in [-0.1, -0.05) is 26.7 Å². The van der Waals surface area contributed by atoms with Crippen molar-refractivity contribution in [2.45, 2.75) is 70.3 Å². The number of nitrogens with two attached hydrogens (primary N) is 1. The normalized spacial score (nSPS) is 22.1. The van der Waals surface area contributed by atoms with Crippen LogP contribution in [-0.4, -0.2) is 35.7 Å². The fraction of sp³-hybridized carbons (Fsp3) is 1.00. The summed E-state index contributed by atoms with van der Waals surface area (Å²) in [6, 6.07) is -2.25. The van der Waals surface area contributed by atoms with E-state index in [1.54, 1.807) is 18.7 Å². The minimum Gasteiger partial charge on any atom is -0.326 e. The molecule has 1 saturated carbocycles. The summed E-state index contributed by atoms with van der Waals surface area (Å²) in [6.07, 6.45) is -0.0602. The first-order valence-electron chi connectivity index (χ1n) is 6.49. The second-order valence-electron chi connectivity index (χ2n) is 4.83. The maximum atomic E-state index is 13.1. The number of nitrogens with zero attached hydrogens (tertiary/aromatic N) is 1. The van der Waals surface area contributed by atoms with Crippen LogP contribution in [-0.2, 0) is 0 Å². The maximum Gasteiger partial charge on any atom is 0.405 e. The smallest absolute Gasteiger partial charge is 0.326 e. The number of hydrogen-bond donors (Lipinski definition) is 1. The molecule has 2 atom stereocenters.